The minimum Gasteiger partial charge on any atom is -0.370 e. The molecule has 1 spiro atoms. The van der Waals surface area contributed by atoms with Crippen LogP contribution in [-0.2, 0) is 16.0 Å². The van der Waals surface area contributed by atoms with Gasteiger partial charge in [0, 0.05) is 44.7 Å². The molecule has 29 heavy (non-hydrogen) atoms. The molecule has 0 bridgehead atoms. The molecule has 1 aromatic carbocycles. The quantitative estimate of drug-likeness (QED) is 0.776. The molecular formula is C23H29N3O3. The summed E-state index contributed by atoms with van der Waals surface area (Å²) in [6.07, 6.45) is 5.16. The Morgan fingerprint density at radius 2 is 1.83 bits per heavy atom. The van der Waals surface area contributed by atoms with Gasteiger partial charge in [-0.3, -0.25) is 9.78 Å². The van der Waals surface area contributed by atoms with Crippen LogP contribution in [0.3, 0.4) is 0 Å². The predicted octanol–water partition coefficient (Wildman–Crippen LogP) is 3.48. The number of anilines is 1. The van der Waals surface area contributed by atoms with Crippen LogP contribution in [0, 0.1) is 0 Å². The highest BCUT2D eigenvalue weighted by Gasteiger charge is 2.39. The molecule has 2 aromatic rings. The molecule has 2 aliphatic heterocycles. The number of hydrogen-bond acceptors (Lipinski definition) is 5. The van der Waals surface area contributed by atoms with Gasteiger partial charge in [0.05, 0.1) is 30.7 Å². The fourth-order valence-electron chi connectivity index (χ4n) is 4.04. The summed E-state index contributed by atoms with van der Waals surface area (Å²) in [4.78, 5) is 21.8. The fraction of sp³-hybridized carbons (Fsp3) is 0.478. The van der Waals surface area contributed by atoms with E-state index in [0.717, 1.165) is 37.2 Å². The van der Waals surface area contributed by atoms with Gasteiger partial charge in [0.15, 0.2) is 5.79 Å². The van der Waals surface area contributed by atoms with Crippen molar-refractivity contribution in [3.63, 3.8) is 0 Å². The van der Waals surface area contributed by atoms with Gasteiger partial charge in [-0.25, -0.2) is 0 Å². The van der Waals surface area contributed by atoms with Crippen LogP contribution in [0.25, 0.3) is 0 Å². The molecule has 3 heterocycles. The molecule has 0 N–H and O–H groups in total. The van der Waals surface area contributed by atoms with Crippen molar-refractivity contribution in [1.29, 1.82) is 0 Å². The standard InChI is InChI=1S/C23H29N3O3/c1-18(2)26(17-19-6-4-3-5-7-19)22(27)20-14-21(16-24-15-20)25-10-8-23(9-11-25)28-12-13-29-23/h3-7,14-16,18H,8-13,17H2,1-2H3. The SMILES string of the molecule is CC(C)N(Cc1ccccc1)C(=O)c1cncc(N2CCC3(CC2)OCCO3)c1. The van der Waals surface area contributed by atoms with Crippen LogP contribution in [0.5, 0.6) is 0 Å². The third-order valence-corrected chi connectivity index (χ3v) is 5.75. The molecule has 154 valence electrons. The van der Waals surface area contributed by atoms with E-state index in [2.05, 4.69) is 9.88 Å². The van der Waals surface area contributed by atoms with Crippen molar-refractivity contribution in [3.05, 3.63) is 59.9 Å². The zero-order chi connectivity index (χ0) is 20.3. The predicted molar refractivity (Wildman–Crippen MR) is 112 cm³/mol. The Kier molecular flexibility index (Phi) is 5.83. The summed E-state index contributed by atoms with van der Waals surface area (Å²) in [6, 6.07) is 12.1. The Hall–Kier alpha value is -2.44. The number of rotatable bonds is 5. The fourth-order valence-corrected chi connectivity index (χ4v) is 4.04. The van der Waals surface area contributed by atoms with Crippen molar-refractivity contribution in [1.82, 2.24) is 9.88 Å². The summed E-state index contributed by atoms with van der Waals surface area (Å²) in [5, 5.41) is 0. The van der Waals surface area contributed by atoms with Gasteiger partial charge < -0.3 is 19.3 Å². The number of carbonyl (C=O) groups excluding carboxylic acids is 1. The molecular weight excluding hydrogens is 366 g/mol. The molecule has 1 amide bonds. The molecule has 2 fully saturated rings. The molecule has 0 radical (unpaired) electrons. The van der Waals surface area contributed by atoms with Crippen LogP contribution in [-0.4, -0.2) is 53.9 Å². The lowest BCUT2D eigenvalue weighted by atomic mass is 10.0. The van der Waals surface area contributed by atoms with Crippen molar-refractivity contribution < 1.29 is 14.3 Å². The van der Waals surface area contributed by atoms with Crippen molar-refractivity contribution in [2.75, 3.05) is 31.2 Å². The Morgan fingerprint density at radius 1 is 1.14 bits per heavy atom. The number of nitrogens with zero attached hydrogens (tertiary/aromatic N) is 3. The van der Waals surface area contributed by atoms with E-state index in [1.165, 1.54) is 0 Å². The van der Waals surface area contributed by atoms with Gasteiger partial charge in [-0.2, -0.15) is 0 Å². The highest BCUT2D eigenvalue weighted by atomic mass is 16.7. The number of benzene rings is 1. The summed E-state index contributed by atoms with van der Waals surface area (Å²) in [7, 11) is 0. The van der Waals surface area contributed by atoms with Gasteiger partial charge in [-0.15, -0.1) is 0 Å². The van der Waals surface area contributed by atoms with Gasteiger partial charge in [0.25, 0.3) is 5.91 Å². The number of aromatic nitrogens is 1. The van der Waals surface area contributed by atoms with Crippen molar-refractivity contribution in [2.45, 2.75) is 45.1 Å². The van der Waals surface area contributed by atoms with Gasteiger partial charge in [-0.05, 0) is 25.5 Å². The number of amides is 1. The number of carbonyl (C=O) groups is 1. The second kappa shape index (κ2) is 8.51. The van der Waals surface area contributed by atoms with Gasteiger partial charge >= 0.3 is 0 Å². The van der Waals surface area contributed by atoms with Crippen molar-refractivity contribution in [2.24, 2.45) is 0 Å². The third-order valence-electron chi connectivity index (χ3n) is 5.75. The lowest BCUT2D eigenvalue weighted by molar-refractivity contribution is -0.169. The molecule has 0 atom stereocenters. The lowest BCUT2D eigenvalue weighted by Crippen LogP contribution is -2.45. The molecule has 2 aliphatic rings. The Bertz CT molecular complexity index is 824. The normalized spacial score (nSPS) is 18.4. The van der Waals surface area contributed by atoms with Crippen molar-refractivity contribution >= 4 is 11.6 Å². The van der Waals surface area contributed by atoms with E-state index in [4.69, 9.17) is 9.47 Å². The summed E-state index contributed by atoms with van der Waals surface area (Å²) < 4.78 is 11.6. The minimum atomic E-state index is -0.401. The number of ether oxygens (including phenoxy) is 2. The second-order valence-corrected chi connectivity index (χ2v) is 8.04. The van der Waals surface area contributed by atoms with Crippen LogP contribution in [0.2, 0.25) is 0 Å². The van der Waals surface area contributed by atoms with Crippen molar-refractivity contribution in [3.8, 4) is 0 Å². The van der Waals surface area contributed by atoms with E-state index < -0.39 is 5.79 Å². The van der Waals surface area contributed by atoms with Gasteiger partial charge in [-0.1, -0.05) is 30.3 Å². The second-order valence-electron chi connectivity index (χ2n) is 8.04. The van der Waals surface area contributed by atoms with E-state index in [1.807, 2.05) is 61.3 Å². The summed E-state index contributed by atoms with van der Waals surface area (Å²) in [6.45, 7) is 7.69. The minimum absolute atomic E-state index is 0.00847. The highest BCUT2D eigenvalue weighted by Crippen LogP contribution is 2.33. The molecule has 0 saturated carbocycles. The van der Waals surface area contributed by atoms with E-state index in [0.29, 0.717) is 25.3 Å². The molecule has 2 saturated heterocycles. The van der Waals surface area contributed by atoms with Gasteiger partial charge in [0.1, 0.15) is 0 Å². The van der Waals surface area contributed by atoms with Crippen LogP contribution in [0.1, 0.15) is 42.6 Å². The monoisotopic (exact) mass is 395 g/mol. The molecule has 0 aliphatic carbocycles. The first kappa shape index (κ1) is 19.9. The number of hydrogen-bond donors (Lipinski definition) is 0. The first-order valence-electron chi connectivity index (χ1n) is 10.4. The smallest absolute Gasteiger partial charge is 0.256 e. The lowest BCUT2D eigenvalue weighted by Gasteiger charge is -2.38. The Labute approximate surface area is 172 Å². The third kappa shape index (κ3) is 4.43. The summed E-state index contributed by atoms with van der Waals surface area (Å²) >= 11 is 0. The number of piperidine rings is 1. The molecule has 1 aromatic heterocycles. The maximum absolute atomic E-state index is 13.3. The van der Waals surface area contributed by atoms with Crippen LogP contribution < -0.4 is 4.90 Å². The van der Waals surface area contributed by atoms with E-state index in [9.17, 15) is 4.79 Å². The van der Waals surface area contributed by atoms with Crippen LogP contribution in [0.15, 0.2) is 48.8 Å². The topological polar surface area (TPSA) is 54.9 Å². The first-order valence-corrected chi connectivity index (χ1v) is 10.4. The van der Waals surface area contributed by atoms with Gasteiger partial charge in [0.2, 0.25) is 0 Å². The van der Waals surface area contributed by atoms with Crippen LogP contribution >= 0.6 is 0 Å². The average Bonchev–Trinajstić information content (AvgIpc) is 3.20. The van der Waals surface area contributed by atoms with Crippen LogP contribution in [0.4, 0.5) is 5.69 Å². The molecule has 4 rings (SSSR count). The summed E-state index contributed by atoms with van der Waals surface area (Å²) in [5.74, 6) is -0.393. The maximum Gasteiger partial charge on any atom is 0.256 e. The molecule has 6 nitrogen and oxygen atoms in total. The Balaban J connectivity index is 1.47. The molecule has 6 heteroatoms. The maximum atomic E-state index is 13.3. The molecule has 0 unspecified atom stereocenters. The summed E-state index contributed by atoms with van der Waals surface area (Å²) in [5.41, 5.74) is 2.73. The average molecular weight is 396 g/mol. The Morgan fingerprint density at radius 3 is 2.48 bits per heavy atom. The number of pyridine rings is 1. The first-order chi connectivity index (χ1) is 14.1. The highest BCUT2D eigenvalue weighted by molar-refractivity contribution is 5.95. The zero-order valence-corrected chi connectivity index (χ0v) is 17.2. The van der Waals surface area contributed by atoms with E-state index in [-0.39, 0.29) is 11.9 Å². The zero-order valence-electron chi connectivity index (χ0n) is 17.2. The largest absolute Gasteiger partial charge is 0.370 e. The van der Waals surface area contributed by atoms with E-state index in [1.54, 1.807) is 6.20 Å². The van der Waals surface area contributed by atoms with E-state index >= 15 is 0 Å².